The topological polar surface area (TPSA) is 93.9 Å². The zero-order chi connectivity index (χ0) is 13.5. The fourth-order valence-corrected chi connectivity index (χ4v) is 1.19. The molecule has 0 radical (unpaired) electrons. The second-order valence-electron chi connectivity index (χ2n) is 4.77. The van der Waals surface area contributed by atoms with Crippen molar-refractivity contribution in [3.63, 3.8) is 0 Å². The van der Waals surface area contributed by atoms with Crippen molar-refractivity contribution in [3.8, 4) is 0 Å². The van der Waals surface area contributed by atoms with Gasteiger partial charge in [0.25, 0.3) is 0 Å². The molecule has 0 aliphatic rings. The van der Waals surface area contributed by atoms with Crippen molar-refractivity contribution in [1.82, 2.24) is 4.90 Å². The first kappa shape index (κ1) is 15.5. The van der Waals surface area contributed by atoms with Crippen LogP contribution in [0.25, 0.3) is 0 Å². The normalized spacial score (nSPS) is 10.8. The van der Waals surface area contributed by atoms with E-state index in [9.17, 15) is 4.79 Å². The quantitative estimate of drug-likeness (QED) is 0.555. The van der Waals surface area contributed by atoms with Crippen molar-refractivity contribution in [2.75, 3.05) is 19.6 Å². The zero-order valence-corrected chi connectivity index (χ0v) is 11.2. The average molecular weight is 244 g/mol. The molecule has 6 nitrogen and oxygen atoms in total. The molecule has 0 unspecified atom stereocenters. The van der Waals surface area contributed by atoms with Crippen LogP contribution in [0.2, 0.25) is 0 Å². The molecule has 0 saturated carbocycles. The summed E-state index contributed by atoms with van der Waals surface area (Å²) in [7, 11) is 0. The van der Waals surface area contributed by atoms with Gasteiger partial charge in [0, 0.05) is 13.1 Å². The minimum atomic E-state index is -0.487. The van der Waals surface area contributed by atoms with Crippen LogP contribution in [0.4, 0.5) is 4.79 Å². The van der Waals surface area contributed by atoms with Crippen LogP contribution in [-0.4, -0.2) is 42.2 Å². The molecule has 0 aromatic carbocycles. The Labute approximate surface area is 103 Å². The summed E-state index contributed by atoms with van der Waals surface area (Å²) in [6, 6.07) is 0. The van der Waals surface area contributed by atoms with Gasteiger partial charge in [-0.15, -0.1) is 0 Å². The molecule has 0 saturated heterocycles. The summed E-state index contributed by atoms with van der Waals surface area (Å²) in [6.07, 6.45) is 0.534. The predicted octanol–water partition coefficient (Wildman–Crippen LogP) is 0.907. The van der Waals surface area contributed by atoms with Gasteiger partial charge in [0.1, 0.15) is 5.60 Å². The van der Waals surface area contributed by atoms with Gasteiger partial charge >= 0.3 is 6.09 Å². The molecule has 0 heterocycles. The van der Waals surface area contributed by atoms with E-state index in [0.29, 0.717) is 19.6 Å². The SMILES string of the molecule is CCCN(CCN=C(N)N)C(=O)OC(C)(C)C. The number of nitrogens with two attached hydrogens (primary N) is 2. The van der Waals surface area contributed by atoms with E-state index in [0.717, 1.165) is 6.42 Å². The third-order valence-electron chi connectivity index (χ3n) is 1.81. The lowest BCUT2D eigenvalue weighted by Crippen LogP contribution is -2.39. The highest BCUT2D eigenvalue weighted by molar-refractivity contribution is 5.75. The van der Waals surface area contributed by atoms with E-state index in [4.69, 9.17) is 16.2 Å². The Bertz CT molecular complexity index is 267. The van der Waals surface area contributed by atoms with E-state index in [1.165, 1.54) is 0 Å². The number of hydrogen-bond donors (Lipinski definition) is 2. The van der Waals surface area contributed by atoms with Crippen LogP contribution in [0.3, 0.4) is 0 Å². The largest absolute Gasteiger partial charge is 0.444 e. The van der Waals surface area contributed by atoms with Crippen LogP contribution < -0.4 is 11.5 Å². The zero-order valence-electron chi connectivity index (χ0n) is 11.2. The number of carbonyl (C=O) groups is 1. The van der Waals surface area contributed by atoms with E-state index in [2.05, 4.69) is 4.99 Å². The second kappa shape index (κ2) is 6.98. The van der Waals surface area contributed by atoms with E-state index >= 15 is 0 Å². The molecule has 0 fully saturated rings. The van der Waals surface area contributed by atoms with Crippen LogP contribution >= 0.6 is 0 Å². The molecule has 0 atom stereocenters. The minimum Gasteiger partial charge on any atom is -0.444 e. The minimum absolute atomic E-state index is 0.0330. The molecule has 17 heavy (non-hydrogen) atoms. The van der Waals surface area contributed by atoms with Gasteiger partial charge in [-0.1, -0.05) is 6.92 Å². The first-order chi connectivity index (χ1) is 7.76. The first-order valence-corrected chi connectivity index (χ1v) is 5.79. The Morgan fingerprint density at radius 3 is 2.29 bits per heavy atom. The second-order valence-corrected chi connectivity index (χ2v) is 4.77. The van der Waals surface area contributed by atoms with Crippen molar-refractivity contribution < 1.29 is 9.53 Å². The maximum atomic E-state index is 11.8. The van der Waals surface area contributed by atoms with Gasteiger partial charge in [0.2, 0.25) is 0 Å². The molecular formula is C11H24N4O2. The van der Waals surface area contributed by atoms with Crippen molar-refractivity contribution in [2.24, 2.45) is 16.5 Å². The van der Waals surface area contributed by atoms with Crippen molar-refractivity contribution >= 4 is 12.1 Å². The van der Waals surface area contributed by atoms with Crippen LogP contribution in [-0.2, 0) is 4.74 Å². The van der Waals surface area contributed by atoms with Gasteiger partial charge in [-0.25, -0.2) is 4.79 Å². The molecule has 0 aromatic rings. The monoisotopic (exact) mass is 244 g/mol. The van der Waals surface area contributed by atoms with Gasteiger partial charge in [0.05, 0.1) is 6.54 Å². The lowest BCUT2D eigenvalue weighted by molar-refractivity contribution is 0.0256. The van der Waals surface area contributed by atoms with Gasteiger partial charge in [-0.3, -0.25) is 4.99 Å². The molecule has 6 heteroatoms. The van der Waals surface area contributed by atoms with E-state index < -0.39 is 5.60 Å². The fourth-order valence-electron chi connectivity index (χ4n) is 1.19. The Morgan fingerprint density at radius 1 is 1.29 bits per heavy atom. The number of nitrogens with zero attached hydrogens (tertiary/aromatic N) is 2. The van der Waals surface area contributed by atoms with Crippen LogP contribution in [0.1, 0.15) is 34.1 Å². The van der Waals surface area contributed by atoms with E-state index in [1.54, 1.807) is 4.90 Å². The molecule has 0 spiro atoms. The van der Waals surface area contributed by atoms with Gasteiger partial charge < -0.3 is 21.1 Å². The molecule has 100 valence electrons. The molecule has 0 rings (SSSR count). The van der Waals surface area contributed by atoms with Crippen molar-refractivity contribution in [2.45, 2.75) is 39.7 Å². The lowest BCUT2D eigenvalue weighted by Gasteiger charge is -2.26. The number of aliphatic imine (C=N–C) groups is 1. The number of guanidine groups is 1. The number of amides is 1. The Kier molecular flexibility index (Phi) is 6.38. The maximum Gasteiger partial charge on any atom is 0.410 e. The van der Waals surface area contributed by atoms with Gasteiger partial charge in [0.15, 0.2) is 5.96 Å². The average Bonchev–Trinajstić information content (AvgIpc) is 2.13. The highest BCUT2D eigenvalue weighted by Crippen LogP contribution is 2.10. The highest BCUT2D eigenvalue weighted by atomic mass is 16.6. The highest BCUT2D eigenvalue weighted by Gasteiger charge is 2.21. The molecule has 0 aromatic heterocycles. The molecule has 1 amide bonds. The molecule has 0 aliphatic carbocycles. The molecule has 0 aliphatic heterocycles. The third kappa shape index (κ3) is 8.36. The van der Waals surface area contributed by atoms with Crippen LogP contribution in [0.5, 0.6) is 0 Å². The summed E-state index contributed by atoms with van der Waals surface area (Å²) in [5.41, 5.74) is 9.96. The van der Waals surface area contributed by atoms with Crippen molar-refractivity contribution in [3.05, 3.63) is 0 Å². The summed E-state index contributed by atoms with van der Waals surface area (Å²) in [5.74, 6) is 0.0330. The fraction of sp³-hybridized carbons (Fsp3) is 0.818. The molecular weight excluding hydrogens is 220 g/mol. The van der Waals surface area contributed by atoms with E-state index in [1.807, 2.05) is 27.7 Å². The lowest BCUT2D eigenvalue weighted by atomic mass is 10.2. The first-order valence-electron chi connectivity index (χ1n) is 5.79. The van der Waals surface area contributed by atoms with E-state index in [-0.39, 0.29) is 12.1 Å². The standard InChI is InChI=1S/C11H24N4O2/c1-5-7-15(8-6-14-9(12)13)10(16)17-11(2,3)4/h5-8H2,1-4H3,(H4,12,13,14). The maximum absolute atomic E-state index is 11.8. The summed E-state index contributed by atoms with van der Waals surface area (Å²) in [6.45, 7) is 9.00. The Balaban J connectivity index is 4.31. The van der Waals surface area contributed by atoms with Crippen LogP contribution in [0.15, 0.2) is 4.99 Å². The molecule has 4 N–H and O–H groups in total. The number of rotatable bonds is 5. The number of carbonyl (C=O) groups excluding carboxylic acids is 1. The summed E-state index contributed by atoms with van der Waals surface area (Å²) in [4.78, 5) is 17.3. The van der Waals surface area contributed by atoms with Crippen LogP contribution in [0, 0.1) is 0 Å². The van der Waals surface area contributed by atoms with Crippen molar-refractivity contribution in [1.29, 1.82) is 0 Å². The third-order valence-corrected chi connectivity index (χ3v) is 1.81. The number of hydrogen-bond acceptors (Lipinski definition) is 3. The summed E-state index contributed by atoms with van der Waals surface area (Å²) in [5, 5.41) is 0. The number of ether oxygens (including phenoxy) is 1. The Morgan fingerprint density at radius 2 is 1.88 bits per heavy atom. The summed E-state index contributed by atoms with van der Waals surface area (Å²) < 4.78 is 5.29. The van der Waals surface area contributed by atoms with Gasteiger partial charge in [-0.2, -0.15) is 0 Å². The molecule has 0 bridgehead atoms. The smallest absolute Gasteiger partial charge is 0.410 e. The predicted molar refractivity (Wildman–Crippen MR) is 68.8 cm³/mol. The Hall–Kier alpha value is -1.46. The van der Waals surface area contributed by atoms with Gasteiger partial charge in [-0.05, 0) is 27.2 Å². The summed E-state index contributed by atoms with van der Waals surface area (Å²) >= 11 is 0.